The number of hydrogen-bond donors (Lipinski definition) is 4. The molecule has 0 bridgehead atoms. The zero-order valence-electron chi connectivity index (χ0n) is 20.4. The van der Waals surface area contributed by atoms with Crippen molar-refractivity contribution in [3.8, 4) is 28.3 Å². The van der Waals surface area contributed by atoms with Crippen molar-refractivity contribution in [2.24, 2.45) is 0 Å². The van der Waals surface area contributed by atoms with Crippen LogP contribution in [0, 0.1) is 0 Å². The summed E-state index contributed by atoms with van der Waals surface area (Å²) in [4.78, 5) is 37.1. The van der Waals surface area contributed by atoms with Crippen LogP contribution in [-0.2, 0) is 0 Å². The average Bonchev–Trinajstić information content (AvgIpc) is 3.43. The Morgan fingerprint density at radius 1 is 0.949 bits per heavy atom. The standard InChI is InChI=1S/C28H20ClN7O3/c1-39-23-8-7-19(14-30-23)32-28(38)33-22-12-17-10-20(16-9-18-13-31-36-25(18)21(29)11-16)24(15-5-3-2-4-6-15)34-26(17)35-27(22)37/h2-14H,1H3,(H,31,36)(H2,32,33,38)(H,34,35,37). The Hall–Kier alpha value is -5.22. The summed E-state index contributed by atoms with van der Waals surface area (Å²) in [6.07, 6.45) is 3.16. The maximum Gasteiger partial charge on any atom is 0.323 e. The van der Waals surface area contributed by atoms with Crippen molar-refractivity contribution in [3.05, 3.63) is 94.5 Å². The SMILES string of the molecule is COc1ccc(NC(=O)Nc2cc3cc(-c4cc(Cl)c5[nH]ncc5c4)c(-c4ccccc4)nc3[nH]c2=O)cn1. The molecule has 11 heteroatoms. The van der Waals surface area contributed by atoms with E-state index in [1.165, 1.54) is 13.3 Å². The number of pyridine rings is 3. The fourth-order valence-corrected chi connectivity index (χ4v) is 4.56. The van der Waals surface area contributed by atoms with Gasteiger partial charge in [0.05, 0.1) is 41.4 Å². The van der Waals surface area contributed by atoms with Gasteiger partial charge in [-0.1, -0.05) is 41.9 Å². The summed E-state index contributed by atoms with van der Waals surface area (Å²) >= 11 is 6.55. The molecular formula is C28H20ClN7O3. The van der Waals surface area contributed by atoms with Crippen molar-refractivity contribution in [2.75, 3.05) is 17.7 Å². The molecule has 0 atom stereocenters. The van der Waals surface area contributed by atoms with Crippen molar-refractivity contribution in [1.82, 2.24) is 25.1 Å². The number of rotatable bonds is 5. The molecule has 0 saturated carbocycles. The molecule has 2 amide bonds. The quantitative estimate of drug-likeness (QED) is 0.218. The number of methoxy groups -OCH3 is 1. The maximum atomic E-state index is 12.9. The molecule has 0 unspecified atom stereocenters. The van der Waals surface area contributed by atoms with E-state index in [1.54, 1.807) is 24.4 Å². The minimum Gasteiger partial charge on any atom is -0.481 e. The van der Waals surface area contributed by atoms with Gasteiger partial charge in [0.15, 0.2) is 0 Å². The summed E-state index contributed by atoms with van der Waals surface area (Å²) in [6, 6.07) is 19.6. The van der Waals surface area contributed by atoms with Gasteiger partial charge < -0.3 is 20.4 Å². The van der Waals surface area contributed by atoms with Crippen LogP contribution in [0.4, 0.5) is 16.2 Å². The predicted octanol–water partition coefficient (Wildman–Crippen LogP) is 5.83. The van der Waals surface area contributed by atoms with Gasteiger partial charge in [-0.25, -0.2) is 14.8 Å². The third kappa shape index (κ3) is 4.76. The van der Waals surface area contributed by atoms with Crippen molar-refractivity contribution in [3.63, 3.8) is 0 Å². The first kappa shape index (κ1) is 24.1. The van der Waals surface area contributed by atoms with Gasteiger partial charge in [0.2, 0.25) is 5.88 Å². The van der Waals surface area contributed by atoms with E-state index in [0.29, 0.717) is 33.3 Å². The van der Waals surface area contributed by atoms with Crippen LogP contribution in [0.2, 0.25) is 5.02 Å². The molecule has 4 aromatic heterocycles. The summed E-state index contributed by atoms with van der Waals surface area (Å²) in [7, 11) is 1.50. The summed E-state index contributed by atoms with van der Waals surface area (Å²) in [5.74, 6) is 0.415. The molecular weight excluding hydrogens is 518 g/mol. The van der Waals surface area contributed by atoms with E-state index in [0.717, 1.165) is 27.6 Å². The van der Waals surface area contributed by atoms with E-state index < -0.39 is 11.6 Å². The average molecular weight is 538 g/mol. The summed E-state index contributed by atoms with van der Waals surface area (Å²) < 4.78 is 5.03. The maximum absolute atomic E-state index is 12.9. The molecule has 0 radical (unpaired) electrons. The van der Waals surface area contributed by atoms with E-state index in [-0.39, 0.29) is 5.69 Å². The Labute approximate surface area is 226 Å². The van der Waals surface area contributed by atoms with Crippen molar-refractivity contribution >= 4 is 50.9 Å². The van der Waals surface area contributed by atoms with Crippen LogP contribution in [-0.4, -0.2) is 38.3 Å². The first-order valence-corrected chi connectivity index (χ1v) is 12.2. The number of urea groups is 1. The smallest absolute Gasteiger partial charge is 0.323 e. The van der Waals surface area contributed by atoms with Crippen LogP contribution >= 0.6 is 11.6 Å². The first-order valence-electron chi connectivity index (χ1n) is 11.8. The van der Waals surface area contributed by atoms with Gasteiger partial charge in [-0.2, -0.15) is 5.10 Å². The zero-order chi connectivity index (χ0) is 26.9. The molecule has 6 aromatic rings. The number of halogens is 1. The Morgan fingerprint density at radius 2 is 1.79 bits per heavy atom. The number of nitrogens with one attached hydrogen (secondary N) is 4. The van der Waals surface area contributed by atoms with Crippen molar-refractivity contribution in [1.29, 1.82) is 0 Å². The highest BCUT2D eigenvalue weighted by Crippen LogP contribution is 2.36. The fraction of sp³-hybridized carbons (Fsp3) is 0.0357. The molecule has 0 fully saturated rings. The number of aromatic nitrogens is 5. The van der Waals surface area contributed by atoms with Crippen LogP contribution in [0.5, 0.6) is 5.88 Å². The number of aromatic amines is 2. The lowest BCUT2D eigenvalue weighted by atomic mass is 9.97. The number of anilines is 2. The molecule has 0 spiro atoms. The van der Waals surface area contributed by atoms with Crippen molar-refractivity contribution < 1.29 is 9.53 Å². The Balaban J connectivity index is 1.42. The second-order valence-corrected chi connectivity index (χ2v) is 9.07. The lowest BCUT2D eigenvalue weighted by Crippen LogP contribution is -2.24. The number of ether oxygens (including phenoxy) is 1. The van der Waals surface area contributed by atoms with Gasteiger partial charge >= 0.3 is 6.03 Å². The van der Waals surface area contributed by atoms with Gasteiger partial charge in [0, 0.05) is 28.0 Å². The molecule has 0 saturated heterocycles. The molecule has 6 rings (SSSR count). The first-order chi connectivity index (χ1) is 19.0. The molecule has 39 heavy (non-hydrogen) atoms. The second-order valence-electron chi connectivity index (χ2n) is 8.66. The van der Waals surface area contributed by atoms with Crippen LogP contribution in [0.3, 0.4) is 0 Å². The van der Waals surface area contributed by atoms with Gasteiger partial charge in [0.25, 0.3) is 5.56 Å². The van der Waals surface area contributed by atoms with Gasteiger partial charge in [-0.05, 0) is 35.9 Å². The summed E-state index contributed by atoms with van der Waals surface area (Å²) in [6.45, 7) is 0. The van der Waals surface area contributed by atoms with Crippen LogP contribution in [0.15, 0.2) is 83.9 Å². The molecule has 0 aliphatic rings. The molecule has 4 N–H and O–H groups in total. The largest absolute Gasteiger partial charge is 0.481 e. The predicted molar refractivity (Wildman–Crippen MR) is 151 cm³/mol. The van der Waals surface area contributed by atoms with E-state index in [9.17, 15) is 9.59 Å². The molecule has 0 aliphatic carbocycles. The van der Waals surface area contributed by atoms with Crippen LogP contribution in [0.1, 0.15) is 0 Å². The number of hydrogen-bond acceptors (Lipinski definition) is 6. The molecule has 2 aromatic carbocycles. The minimum absolute atomic E-state index is 0.0602. The molecule has 0 aliphatic heterocycles. The van der Waals surface area contributed by atoms with Gasteiger partial charge in [0.1, 0.15) is 11.3 Å². The van der Waals surface area contributed by atoms with Crippen molar-refractivity contribution in [2.45, 2.75) is 0 Å². The zero-order valence-corrected chi connectivity index (χ0v) is 21.2. The summed E-state index contributed by atoms with van der Waals surface area (Å²) in [5, 5.41) is 14.2. The second kappa shape index (κ2) is 9.92. The van der Waals surface area contributed by atoms with Crippen LogP contribution < -0.4 is 20.9 Å². The Morgan fingerprint density at radius 3 is 2.56 bits per heavy atom. The molecule has 192 valence electrons. The lowest BCUT2D eigenvalue weighted by Gasteiger charge is -2.13. The highest BCUT2D eigenvalue weighted by atomic mass is 35.5. The molecule has 10 nitrogen and oxygen atoms in total. The third-order valence-corrected chi connectivity index (χ3v) is 6.44. The van der Waals surface area contributed by atoms with E-state index in [4.69, 9.17) is 21.3 Å². The normalized spacial score (nSPS) is 11.0. The third-order valence-electron chi connectivity index (χ3n) is 6.14. The number of carbonyl (C=O) groups excluding carboxylic acids is 1. The van der Waals surface area contributed by atoms with Gasteiger partial charge in [-0.3, -0.25) is 9.89 Å². The number of carbonyl (C=O) groups is 1. The minimum atomic E-state index is -0.599. The van der Waals surface area contributed by atoms with Gasteiger partial charge in [-0.15, -0.1) is 0 Å². The fourth-order valence-electron chi connectivity index (χ4n) is 4.29. The summed E-state index contributed by atoms with van der Waals surface area (Å²) in [5.41, 5.74) is 4.29. The number of nitrogens with zero attached hydrogens (tertiary/aromatic N) is 3. The van der Waals surface area contributed by atoms with E-state index >= 15 is 0 Å². The number of amides is 2. The Kier molecular flexibility index (Phi) is 6.14. The number of benzene rings is 2. The number of H-pyrrole nitrogens is 2. The van der Waals surface area contributed by atoms with E-state index in [1.807, 2.05) is 48.5 Å². The Bertz CT molecular complexity index is 1900. The monoisotopic (exact) mass is 537 g/mol. The highest BCUT2D eigenvalue weighted by Gasteiger charge is 2.16. The van der Waals surface area contributed by atoms with E-state index in [2.05, 4.69) is 30.8 Å². The molecule has 4 heterocycles. The number of fused-ring (bicyclic) bond motifs is 2. The highest BCUT2D eigenvalue weighted by molar-refractivity contribution is 6.35. The lowest BCUT2D eigenvalue weighted by molar-refractivity contribution is 0.262. The topological polar surface area (TPSA) is 138 Å². The van der Waals surface area contributed by atoms with Crippen LogP contribution in [0.25, 0.3) is 44.3 Å².